The summed E-state index contributed by atoms with van der Waals surface area (Å²) < 4.78 is 8.61. The van der Waals surface area contributed by atoms with E-state index >= 15 is 0 Å². The van der Waals surface area contributed by atoms with Gasteiger partial charge in [-0.1, -0.05) is 0 Å². The van der Waals surface area contributed by atoms with Gasteiger partial charge in [0.25, 0.3) is 0 Å². The van der Waals surface area contributed by atoms with Gasteiger partial charge in [0.2, 0.25) is 0 Å². The fourth-order valence-electron chi connectivity index (χ4n) is 8.87. The first-order valence-corrected chi connectivity index (χ1v) is 19.9. The zero-order valence-corrected chi connectivity index (χ0v) is 30.8. The van der Waals surface area contributed by atoms with Crippen LogP contribution in [0.5, 0.6) is 0 Å². The van der Waals surface area contributed by atoms with E-state index in [1.807, 2.05) is 12.5 Å². The van der Waals surface area contributed by atoms with Crippen LogP contribution in [0.4, 0.5) is 0 Å². The van der Waals surface area contributed by atoms with E-state index in [9.17, 15) is 0 Å². The minimum atomic E-state index is 0.172. The summed E-state index contributed by atoms with van der Waals surface area (Å²) in [4.78, 5) is 0. The number of fused-ring (bicyclic) bond motifs is 7. The van der Waals surface area contributed by atoms with Crippen LogP contribution in [0.3, 0.4) is 0 Å². The molecule has 248 valence electrons. The SMILES string of the molecule is Cc1cocc1-c1c2ccccc2c(-c2cccc3[se]c4cc(-c5c6ccccc6c(-c6ccccc6)c6ccccc56)ccc4c23)c2ccccc12. The molecule has 0 atom stereocenters. The average Bonchev–Trinajstić information content (AvgIpc) is 3.81. The van der Waals surface area contributed by atoms with Gasteiger partial charge in [-0.3, -0.25) is 0 Å². The van der Waals surface area contributed by atoms with Crippen molar-refractivity contribution >= 4 is 76.9 Å². The van der Waals surface area contributed by atoms with Crippen LogP contribution in [-0.2, 0) is 0 Å². The molecule has 53 heavy (non-hydrogen) atoms. The van der Waals surface area contributed by atoms with E-state index in [1.165, 1.54) is 101 Å². The van der Waals surface area contributed by atoms with Crippen molar-refractivity contribution in [1.82, 2.24) is 0 Å². The number of benzene rings is 9. The van der Waals surface area contributed by atoms with E-state index in [2.05, 4.69) is 171 Å². The second kappa shape index (κ2) is 11.9. The fraction of sp³-hybridized carbons (Fsp3) is 0.0196. The predicted molar refractivity (Wildman–Crippen MR) is 227 cm³/mol. The predicted octanol–water partition coefficient (Wildman–Crippen LogP) is 14.2. The summed E-state index contributed by atoms with van der Waals surface area (Å²) in [5, 5.41) is 12.9. The van der Waals surface area contributed by atoms with Crippen LogP contribution in [0.2, 0.25) is 0 Å². The number of aryl methyl sites for hydroxylation is 1. The number of furan rings is 1. The van der Waals surface area contributed by atoms with E-state index in [0.29, 0.717) is 0 Å². The Hall–Kier alpha value is -6.18. The third kappa shape index (κ3) is 4.57. The van der Waals surface area contributed by atoms with E-state index in [4.69, 9.17) is 4.42 Å². The molecule has 0 saturated heterocycles. The molecule has 2 aromatic heterocycles. The van der Waals surface area contributed by atoms with Crippen LogP contribution in [-0.4, -0.2) is 14.5 Å². The normalized spacial score (nSPS) is 11.9. The molecule has 11 aromatic rings. The number of rotatable bonds is 4. The third-order valence-electron chi connectivity index (χ3n) is 11.1. The Kier molecular flexibility index (Phi) is 6.86. The maximum absolute atomic E-state index is 5.73. The van der Waals surface area contributed by atoms with Gasteiger partial charge in [0.15, 0.2) is 0 Å². The van der Waals surface area contributed by atoms with Crippen LogP contribution >= 0.6 is 0 Å². The molecule has 2 heterocycles. The van der Waals surface area contributed by atoms with Crippen molar-refractivity contribution in [2.45, 2.75) is 6.92 Å². The van der Waals surface area contributed by atoms with E-state index in [-0.39, 0.29) is 14.5 Å². The summed E-state index contributed by atoms with van der Waals surface area (Å²) in [5.74, 6) is 0. The van der Waals surface area contributed by atoms with Gasteiger partial charge in [0.1, 0.15) is 0 Å². The standard InChI is InChI=1S/C51H32OSe/c1-31-29-52-30-44(31)50-40-22-11-9-20-38(40)49(39-21-10-12-23-41(39)50)43-24-13-25-45-51(43)42-27-26-33(28-46(42)53-45)48-36-18-7-5-16-34(36)47(32-14-3-2-4-15-32)35-17-6-8-19-37(35)48/h2-30H,1H3. The van der Waals surface area contributed by atoms with Crippen molar-refractivity contribution in [1.29, 1.82) is 0 Å². The van der Waals surface area contributed by atoms with Gasteiger partial charge < -0.3 is 0 Å². The molecule has 0 N–H and O–H groups in total. The summed E-state index contributed by atoms with van der Waals surface area (Å²) in [6, 6.07) is 60.8. The summed E-state index contributed by atoms with van der Waals surface area (Å²) in [6.07, 6.45) is 3.76. The van der Waals surface area contributed by atoms with Crippen molar-refractivity contribution in [3.8, 4) is 44.5 Å². The van der Waals surface area contributed by atoms with E-state index in [1.54, 1.807) is 0 Å². The molecule has 0 aliphatic heterocycles. The molecule has 9 aromatic carbocycles. The Morgan fingerprint density at radius 1 is 0.358 bits per heavy atom. The Bertz CT molecular complexity index is 3120. The number of hydrogen-bond acceptors (Lipinski definition) is 1. The molecule has 11 rings (SSSR count). The van der Waals surface area contributed by atoms with Crippen molar-refractivity contribution < 1.29 is 4.42 Å². The summed E-state index contributed by atoms with van der Waals surface area (Å²) in [6.45, 7) is 2.14. The first kappa shape index (κ1) is 30.4. The zero-order chi connectivity index (χ0) is 35.0. The summed E-state index contributed by atoms with van der Waals surface area (Å²) >= 11 is 0.172. The minimum absolute atomic E-state index is 0.172. The molecule has 0 fully saturated rings. The molecule has 0 saturated carbocycles. The van der Waals surface area contributed by atoms with Crippen LogP contribution < -0.4 is 0 Å². The van der Waals surface area contributed by atoms with Gasteiger partial charge in [-0.2, -0.15) is 0 Å². The molecule has 0 bridgehead atoms. The summed E-state index contributed by atoms with van der Waals surface area (Å²) in [7, 11) is 0. The van der Waals surface area contributed by atoms with Gasteiger partial charge in [-0.25, -0.2) is 0 Å². The van der Waals surface area contributed by atoms with Crippen LogP contribution in [0, 0.1) is 6.92 Å². The molecule has 1 nitrogen and oxygen atoms in total. The fourth-order valence-corrected chi connectivity index (χ4v) is 11.3. The van der Waals surface area contributed by atoms with Crippen molar-refractivity contribution in [3.05, 3.63) is 182 Å². The van der Waals surface area contributed by atoms with Gasteiger partial charge in [0, 0.05) is 0 Å². The van der Waals surface area contributed by atoms with Crippen LogP contribution in [0.25, 0.3) is 107 Å². The van der Waals surface area contributed by atoms with Crippen LogP contribution in [0.1, 0.15) is 5.56 Å². The molecule has 0 unspecified atom stereocenters. The molecule has 0 aliphatic carbocycles. The van der Waals surface area contributed by atoms with Gasteiger partial charge >= 0.3 is 315 Å². The molecular weight excluding hydrogens is 708 g/mol. The molecule has 0 amide bonds. The monoisotopic (exact) mass is 740 g/mol. The Morgan fingerprint density at radius 3 is 1.38 bits per heavy atom. The summed E-state index contributed by atoms with van der Waals surface area (Å²) in [5.41, 5.74) is 11.3. The Balaban J connectivity index is 1.18. The molecule has 2 heteroatoms. The Morgan fingerprint density at radius 2 is 0.849 bits per heavy atom. The third-order valence-corrected chi connectivity index (χ3v) is 13.5. The quantitative estimate of drug-likeness (QED) is 0.129. The molecule has 0 spiro atoms. The van der Waals surface area contributed by atoms with Gasteiger partial charge in [0.05, 0.1) is 0 Å². The van der Waals surface area contributed by atoms with E-state index < -0.39 is 0 Å². The second-order valence-electron chi connectivity index (χ2n) is 14.0. The maximum atomic E-state index is 5.73. The van der Waals surface area contributed by atoms with Crippen molar-refractivity contribution in [2.75, 3.05) is 0 Å². The molecular formula is C51H32OSe. The average molecular weight is 740 g/mol. The van der Waals surface area contributed by atoms with Crippen molar-refractivity contribution in [3.63, 3.8) is 0 Å². The molecule has 0 radical (unpaired) electrons. The second-order valence-corrected chi connectivity index (χ2v) is 16.3. The first-order valence-electron chi connectivity index (χ1n) is 18.2. The number of hydrogen-bond donors (Lipinski definition) is 0. The zero-order valence-electron chi connectivity index (χ0n) is 29.1. The first-order chi connectivity index (χ1) is 26.2. The van der Waals surface area contributed by atoms with Crippen LogP contribution in [0.15, 0.2) is 181 Å². The van der Waals surface area contributed by atoms with Gasteiger partial charge in [-0.05, 0) is 0 Å². The Labute approximate surface area is 313 Å². The topological polar surface area (TPSA) is 13.1 Å². The van der Waals surface area contributed by atoms with E-state index in [0.717, 1.165) is 11.1 Å². The molecule has 0 aliphatic rings. The van der Waals surface area contributed by atoms with Crippen molar-refractivity contribution in [2.24, 2.45) is 0 Å². The van der Waals surface area contributed by atoms with Gasteiger partial charge in [-0.15, -0.1) is 0 Å².